The van der Waals surface area contributed by atoms with E-state index in [4.69, 9.17) is 9.15 Å². The van der Waals surface area contributed by atoms with Gasteiger partial charge in [-0.05, 0) is 57.9 Å². The maximum Gasteiger partial charge on any atom is 0.373 e. The van der Waals surface area contributed by atoms with Crippen LogP contribution in [-0.4, -0.2) is 29.9 Å². The number of amides is 3. The number of nitrogens with zero attached hydrogens (tertiary/aromatic N) is 2. The number of carbonyl (C=O) groups excluding carboxylic acids is 3. The molecule has 3 amide bonds. The van der Waals surface area contributed by atoms with E-state index in [1.807, 2.05) is 12.1 Å². The quantitative estimate of drug-likeness (QED) is 0.270. The highest BCUT2D eigenvalue weighted by Gasteiger charge is 2.34. The van der Waals surface area contributed by atoms with Gasteiger partial charge in [-0.15, -0.1) is 0 Å². The summed E-state index contributed by atoms with van der Waals surface area (Å²) >= 11 is 3.46. The van der Waals surface area contributed by atoms with Gasteiger partial charge in [0.2, 0.25) is 5.76 Å². The van der Waals surface area contributed by atoms with Crippen molar-refractivity contribution >= 4 is 39.9 Å². The zero-order valence-corrected chi connectivity index (χ0v) is 20.0. The molecule has 9 nitrogen and oxygen atoms in total. The molecule has 0 unspecified atom stereocenters. The number of hydrogen-bond donors (Lipinski definition) is 1. The average Bonchev–Trinajstić information content (AvgIpc) is 3.43. The lowest BCUT2D eigenvalue weighted by molar-refractivity contribution is -0.123. The number of rotatable bonds is 7. The highest BCUT2D eigenvalue weighted by molar-refractivity contribution is 9.10. The number of hydrogen-bond acceptors (Lipinski definition) is 7. The van der Waals surface area contributed by atoms with Crippen LogP contribution >= 0.6 is 15.9 Å². The number of furan rings is 1. The van der Waals surface area contributed by atoms with Crippen LogP contribution in [0.5, 0.6) is 5.75 Å². The van der Waals surface area contributed by atoms with Gasteiger partial charge in [0.15, 0.2) is 0 Å². The Morgan fingerprint density at radius 3 is 2.74 bits per heavy atom. The molecule has 1 aliphatic heterocycles. The van der Waals surface area contributed by atoms with Crippen molar-refractivity contribution in [1.82, 2.24) is 10.2 Å². The molecular weight excluding hydrogens is 518 g/mol. The number of carbonyl (C=O) groups is 3. The minimum Gasteiger partial charge on any atom is -0.488 e. The summed E-state index contributed by atoms with van der Waals surface area (Å²) in [6.07, 6.45) is 1.54. The van der Waals surface area contributed by atoms with Crippen molar-refractivity contribution in [3.05, 3.63) is 93.0 Å². The number of ether oxygens (including phenoxy) is 2. The third kappa shape index (κ3) is 5.26. The van der Waals surface area contributed by atoms with Crippen LogP contribution in [-0.2, 0) is 22.7 Å². The van der Waals surface area contributed by atoms with Gasteiger partial charge in [-0.3, -0.25) is 9.69 Å². The summed E-state index contributed by atoms with van der Waals surface area (Å²) in [7, 11) is 1.23. The maximum atomic E-state index is 12.8. The third-order valence-electron chi connectivity index (χ3n) is 5.11. The van der Waals surface area contributed by atoms with Crippen LogP contribution in [0.15, 0.2) is 69.2 Å². The Labute approximate surface area is 208 Å². The summed E-state index contributed by atoms with van der Waals surface area (Å²) in [5, 5.41) is 11.8. The van der Waals surface area contributed by atoms with Crippen molar-refractivity contribution in [2.45, 2.75) is 13.2 Å². The van der Waals surface area contributed by atoms with Crippen molar-refractivity contribution in [1.29, 1.82) is 5.26 Å². The Morgan fingerprint density at radius 1 is 1.20 bits per heavy atom. The van der Waals surface area contributed by atoms with Crippen LogP contribution in [0.2, 0.25) is 0 Å². The molecule has 1 aromatic heterocycles. The molecule has 3 aromatic rings. The van der Waals surface area contributed by atoms with Crippen LogP contribution in [0.4, 0.5) is 4.79 Å². The molecule has 2 heterocycles. The summed E-state index contributed by atoms with van der Waals surface area (Å²) in [4.78, 5) is 37.6. The van der Waals surface area contributed by atoms with E-state index < -0.39 is 17.9 Å². The standard InChI is InChI=1S/C25H18BrN3O6/c1-33-24(31)22-9-7-18(35-22)13-29-23(30)20(28-25(29)32)11-15-6-8-21(19(26)10-15)34-14-17-5-3-2-4-16(17)12-27/h2-11H,13-14H2,1H3,(H,28,32)/b20-11-. The van der Waals surface area contributed by atoms with Gasteiger partial charge in [-0.1, -0.05) is 24.3 Å². The molecule has 35 heavy (non-hydrogen) atoms. The molecule has 0 spiro atoms. The Balaban J connectivity index is 1.44. The largest absolute Gasteiger partial charge is 0.488 e. The van der Waals surface area contributed by atoms with Crippen LogP contribution in [0.25, 0.3) is 6.08 Å². The number of halogens is 1. The van der Waals surface area contributed by atoms with E-state index in [1.165, 1.54) is 19.2 Å². The molecule has 0 atom stereocenters. The van der Waals surface area contributed by atoms with Crippen LogP contribution in [0.3, 0.4) is 0 Å². The first kappa shape index (κ1) is 23.8. The Morgan fingerprint density at radius 2 is 2.00 bits per heavy atom. The number of nitrogens with one attached hydrogen (secondary N) is 1. The molecule has 176 valence electrons. The van der Waals surface area contributed by atoms with Crippen molar-refractivity contribution in [2.75, 3.05) is 7.11 Å². The molecule has 0 aliphatic carbocycles. The lowest BCUT2D eigenvalue weighted by Gasteiger charge is -2.10. The minimum atomic E-state index is -0.652. The second-order valence-electron chi connectivity index (χ2n) is 7.38. The van der Waals surface area contributed by atoms with E-state index in [2.05, 4.69) is 32.1 Å². The fraction of sp³-hybridized carbons (Fsp3) is 0.120. The van der Waals surface area contributed by atoms with E-state index in [-0.39, 0.29) is 30.4 Å². The van der Waals surface area contributed by atoms with Gasteiger partial charge < -0.3 is 19.2 Å². The zero-order valence-electron chi connectivity index (χ0n) is 18.4. The number of esters is 1. The smallest absolute Gasteiger partial charge is 0.373 e. The predicted molar refractivity (Wildman–Crippen MR) is 127 cm³/mol. The lowest BCUT2D eigenvalue weighted by atomic mass is 10.1. The molecule has 1 aliphatic rings. The number of nitriles is 1. The maximum absolute atomic E-state index is 12.8. The van der Waals surface area contributed by atoms with E-state index in [9.17, 15) is 19.6 Å². The lowest BCUT2D eigenvalue weighted by Crippen LogP contribution is -2.30. The molecule has 1 N–H and O–H groups in total. The van der Waals surface area contributed by atoms with Gasteiger partial charge in [0.1, 0.15) is 23.8 Å². The first-order valence-electron chi connectivity index (χ1n) is 10.3. The van der Waals surface area contributed by atoms with E-state index >= 15 is 0 Å². The second kappa shape index (κ2) is 10.3. The van der Waals surface area contributed by atoms with Gasteiger partial charge in [0, 0.05) is 5.56 Å². The van der Waals surface area contributed by atoms with Crippen molar-refractivity contribution in [3.63, 3.8) is 0 Å². The second-order valence-corrected chi connectivity index (χ2v) is 8.24. The van der Waals surface area contributed by atoms with E-state index in [0.29, 0.717) is 21.3 Å². The van der Waals surface area contributed by atoms with Crippen molar-refractivity contribution in [3.8, 4) is 11.8 Å². The van der Waals surface area contributed by atoms with Crippen LogP contribution < -0.4 is 10.1 Å². The van der Waals surface area contributed by atoms with E-state index in [0.717, 1.165) is 10.5 Å². The molecule has 4 rings (SSSR count). The summed E-state index contributed by atoms with van der Waals surface area (Å²) in [6, 6.07) is 16.8. The van der Waals surface area contributed by atoms with Gasteiger partial charge in [-0.25, -0.2) is 9.59 Å². The Hall–Kier alpha value is -4.36. The van der Waals surface area contributed by atoms with Gasteiger partial charge >= 0.3 is 12.0 Å². The normalized spacial score (nSPS) is 14.1. The first-order valence-corrected chi connectivity index (χ1v) is 11.1. The summed E-state index contributed by atoms with van der Waals surface area (Å²) < 4.78 is 16.4. The minimum absolute atomic E-state index is 0.0198. The fourth-order valence-corrected chi connectivity index (χ4v) is 3.86. The first-order chi connectivity index (χ1) is 16.9. The number of benzene rings is 2. The van der Waals surface area contributed by atoms with E-state index in [1.54, 1.807) is 36.4 Å². The highest BCUT2D eigenvalue weighted by atomic mass is 79.9. The van der Waals surface area contributed by atoms with Crippen molar-refractivity contribution in [2.24, 2.45) is 0 Å². The summed E-state index contributed by atoms with van der Waals surface area (Å²) in [5.74, 6) is -0.384. The fourth-order valence-electron chi connectivity index (χ4n) is 3.35. The predicted octanol–water partition coefficient (Wildman–Crippen LogP) is 4.37. The van der Waals surface area contributed by atoms with Gasteiger partial charge in [0.25, 0.3) is 5.91 Å². The molecule has 2 aromatic carbocycles. The molecule has 0 bridgehead atoms. The average molecular weight is 536 g/mol. The third-order valence-corrected chi connectivity index (χ3v) is 5.73. The number of methoxy groups -OCH3 is 1. The van der Waals surface area contributed by atoms with Crippen LogP contribution in [0.1, 0.15) is 33.0 Å². The highest BCUT2D eigenvalue weighted by Crippen LogP contribution is 2.28. The van der Waals surface area contributed by atoms with Crippen molar-refractivity contribution < 1.29 is 28.3 Å². The molecule has 10 heteroatoms. The monoisotopic (exact) mass is 535 g/mol. The number of urea groups is 1. The van der Waals surface area contributed by atoms with Gasteiger partial charge in [0.05, 0.1) is 29.8 Å². The Bertz CT molecular complexity index is 1390. The molecule has 0 radical (unpaired) electrons. The molecule has 1 saturated heterocycles. The SMILES string of the molecule is COC(=O)c1ccc(CN2C(=O)N/C(=C\c3ccc(OCc4ccccc4C#N)c(Br)c3)C2=O)o1. The Kier molecular flexibility index (Phi) is 6.98. The molecule has 0 saturated carbocycles. The molecule has 1 fully saturated rings. The topological polar surface area (TPSA) is 122 Å². The number of imide groups is 1. The van der Waals surface area contributed by atoms with Crippen LogP contribution in [0, 0.1) is 11.3 Å². The zero-order chi connectivity index (χ0) is 24.9. The van der Waals surface area contributed by atoms with Gasteiger partial charge in [-0.2, -0.15) is 5.26 Å². The summed E-state index contributed by atoms with van der Waals surface area (Å²) in [5.41, 5.74) is 2.06. The summed E-state index contributed by atoms with van der Waals surface area (Å²) in [6.45, 7) is 0.0798. The molecular formula is C25H18BrN3O6.